The lowest BCUT2D eigenvalue weighted by Gasteiger charge is -2.26. The molecule has 0 saturated heterocycles. The Morgan fingerprint density at radius 2 is 1.68 bits per heavy atom. The molecule has 4 aromatic carbocycles. The smallest absolute Gasteiger partial charge is 0.412 e. The van der Waals surface area contributed by atoms with E-state index in [1.165, 1.54) is 6.08 Å². The highest BCUT2D eigenvalue weighted by Gasteiger charge is 2.27. The third-order valence-electron chi connectivity index (χ3n) is 6.42. The Morgan fingerprint density at radius 3 is 2.48 bits per heavy atom. The van der Waals surface area contributed by atoms with Crippen LogP contribution >= 0.6 is 31.9 Å². The highest BCUT2D eigenvalue weighted by molar-refractivity contribution is 9.11. The number of aromatic hydroxyl groups is 1. The zero-order chi connectivity index (χ0) is 28.6. The van der Waals surface area contributed by atoms with Gasteiger partial charge in [-0.05, 0) is 76.5 Å². The summed E-state index contributed by atoms with van der Waals surface area (Å²) >= 11 is 6.83. The van der Waals surface area contributed by atoms with Crippen LogP contribution in [0.3, 0.4) is 0 Å². The van der Waals surface area contributed by atoms with Crippen molar-refractivity contribution < 1.29 is 19.4 Å². The number of nitrogens with two attached hydrogens (primary N) is 1. The van der Waals surface area contributed by atoms with Crippen molar-refractivity contribution in [3.05, 3.63) is 106 Å². The molecule has 0 aromatic heterocycles. The zero-order valence-electron chi connectivity index (χ0n) is 21.7. The van der Waals surface area contributed by atoms with E-state index in [1.54, 1.807) is 42.5 Å². The van der Waals surface area contributed by atoms with E-state index in [-0.39, 0.29) is 17.6 Å². The Balaban J connectivity index is 1.47. The number of phenolic OH excluding ortho intramolecular Hbond substituents is 1. The van der Waals surface area contributed by atoms with E-state index < -0.39 is 12.2 Å². The van der Waals surface area contributed by atoms with Gasteiger partial charge in [0.2, 0.25) is 5.91 Å². The zero-order valence-corrected chi connectivity index (χ0v) is 24.9. The van der Waals surface area contributed by atoms with Gasteiger partial charge in [0.05, 0.1) is 21.5 Å². The highest BCUT2D eigenvalue weighted by atomic mass is 79.9. The Morgan fingerprint density at radius 1 is 0.975 bits per heavy atom. The van der Waals surface area contributed by atoms with Gasteiger partial charge in [0.25, 0.3) is 0 Å². The molecule has 0 spiro atoms. The van der Waals surface area contributed by atoms with Gasteiger partial charge in [-0.2, -0.15) is 0 Å². The van der Waals surface area contributed by atoms with Crippen molar-refractivity contribution in [1.29, 1.82) is 0 Å². The third kappa shape index (κ3) is 7.43. The molecule has 4 aromatic rings. The molecule has 0 aliphatic heterocycles. The van der Waals surface area contributed by atoms with Crippen molar-refractivity contribution in [3.63, 3.8) is 0 Å². The summed E-state index contributed by atoms with van der Waals surface area (Å²) in [4.78, 5) is 25.5. The molecule has 0 saturated carbocycles. The number of benzene rings is 4. The Kier molecular flexibility index (Phi) is 9.84. The minimum Gasteiger partial charge on any atom is -0.506 e. The summed E-state index contributed by atoms with van der Waals surface area (Å²) in [5.74, 6) is -0.502. The number of allylic oxidation sites excluding steroid dienone is 1. The number of carbonyl (C=O) groups is 2. The number of carbonyl (C=O) groups excluding carboxylic acids is 2. The van der Waals surface area contributed by atoms with Crippen LogP contribution in [0.4, 0.5) is 21.9 Å². The van der Waals surface area contributed by atoms with Crippen molar-refractivity contribution >= 4 is 71.7 Å². The lowest BCUT2D eigenvalue weighted by molar-refractivity contribution is -0.111. The number of phenols is 1. The van der Waals surface area contributed by atoms with Crippen molar-refractivity contribution in [2.75, 3.05) is 16.4 Å². The summed E-state index contributed by atoms with van der Waals surface area (Å²) in [5.41, 5.74) is 8.01. The number of nitrogen functional groups attached to an aromatic ring is 1. The van der Waals surface area contributed by atoms with Gasteiger partial charge < -0.3 is 20.9 Å². The number of anilines is 3. The van der Waals surface area contributed by atoms with Crippen LogP contribution in [0.5, 0.6) is 5.75 Å². The molecule has 2 amide bonds. The molecule has 0 unspecified atom stereocenters. The number of nitrogens with one attached hydrogen (secondary N) is 2. The average molecular weight is 667 g/mol. The summed E-state index contributed by atoms with van der Waals surface area (Å²) < 4.78 is 7.14. The average Bonchev–Trinajstić information content (AvgIpc) is 2.93. The van der Waals surface area contributed by atoms with Crippen LogP contribution in [0, 0.1) is 5.92 Å². The van der Waals surface area contributed by atoms with Gasteiger partial charge in [-0.1, -0.05) is 77.5 Å². The van der Waals surface area contributed by atoms with Crippen molar-refractivity contribution in [1.82, 2.24) is 0 Å². The standard InChI is InChI=1S/C31H29Br2N3O4/c1-19(9-2-7-16-28(37)35-27-14-6-5-13-25(27)34)30(23-17-21(32)18-24(33)29(23)38)40-31(39)36-26-15-8-11-20-10-3-4-12-22(20)26/h3-8,10-19,30,38H,2,9,34H2,1H3,(H,35,37)(H,36,39)/b16-7+/t19-,30+/m0/s1. The number of halogens is 2. The number of fused-ring (bicyclic) bond motifs is 1. The predicted molar refractivity (Wildman–Crippen MR) is 167 cm³/mol. The fraction of sp³-hybridized carbons (Fsp3) is 0.161. The Labute approximate surface area is 249 Å². The molecule has 0 fully saturated rings. The van der Waals surface area contributed by atoms with Crippen molar-refractivity contribution in [3.8, 4) is 5.75 Å². The van der Waals surface area contributed by atoms with Crippen LogP contribution in [-0.2, 0) is 9.53 Å². The van der Waals surface area contributed by atoms with E-state index in [9.17, 15) is 14.7 Å². The first-order valence-corrected chi connectivity index (χ1v) is 14.3. The molecular formula is C31H29Br2N3O4. The molecule has 2 atom stereocenters. The number of ether oxygens (including phenoxy) is 1. The fourth-order valence-electron chi connectivity index (χ4n) is 4.36. The maximum atomic E-state index is 13.1. The molecule has 7 nitrogen and oxygen atoms in total. The minimum absolute atomic E-state index is 0.00613. The monoisotopic (exact) mass is 665 g/mol. The molecule has 9 heteroatoms. The summed E-state index contributed by atoms with van der Waals surface area (Å²) in [6, 6.07) is 23.9. The lowest BCUT2D eigenvalue weighted by Crippen LogP contribution is -2.22. The molecule has 0 aliphatic carbocycles. The van der Waals surface area contributed by atoms with Gasteiger partial charge in [-0.25, -0.2) is 4.79 Å². The Bertz CT molecular complexity index is 1550. The maximum absolute atomic E-state index is 13.1. The second-order valence-electron chi connectivity index (χ2n) is 9.34. The molecule has 206 valence electrons. The number of amides is 2. The van der Waals surface area contributed by atoms with Crippen LogP contribution in [0.25, 0.3) is 10.8 Å². The van der Waals surface area contributed by atoms with Gasteiger partial charge in [0.15, 0.2) is 0 Å². The quantitative estimate of drug-likeness (QED) is 0.106. The van der Waals surface area contributed by atoms with Crippen molar-refractivity contribution in [2.24, 2.45) is 5.92 Å². The Hall–Kier alpha value is -3.82. The van der Waals surface area contributed by atoms with Crippen molar-refractivity contribution in [2.45, 2.75) is 25.9 Å². The molecule has 40 heavy (non-hydrogen) atoms. The van der Waals surface area contributed by atoms with E-state index in [2.05, 4.69) is 42.5 Å². The van der Waals surface area contributed by atoms with Crippen LogP contribution in [0.1, 0.15) is 31.4 Å². The van der Waals surface area contributed by atoms with Gasteiger partial charge in [-0.3, -0.25) is 10.1 Å². The SMILES string of the molecule is C[C@@H](CC/C=C/C(=O)Nc1ccccc1N)[C@@H](OC(=O)Nc1cccc2ccccc12)c1cc(Br)cc(Br)c1O. The molecule has 5 N–H and O–H groups in total. The minimum atomic E-state index is -0.768. The molecule has 0 heterocycles. The molecule has 0 radical (unpaired) electrons. The number of hydrogen-bond donors (Lipinski definition) is 4. The highest BCUT2D eigenvalue weighted by Crippen LogP contribution is 2.41. The summed E-state index contributed by atoms with van der Waals surface area (Å²) in [5, 5.41) is 18.3. The largest absolute Gasteiger partial charge is 0.506 e. The lowest BCUT2D eigenvalue weighted by atomic mass is 9.92. The van der Waals surface area contributed by atoms with E-state index in [4.69, 9.17) is 10.5 Å². The summed E-state index contributed by atoms with van der Waals surface area (Å²) in [6.07, 6.45) is 2.92. The normalized spacial score (nSPS) is 12.7. The fourth-order valence-corrected chi connectivity index (χ4v) is 5.62. The third-order valence-corrected chi connectivity index (χ3v) is 7.48. The van der Waals surface area contributed by atoms with Crippen LogP contribution in [0.15, 0.2) is 100.0 Å². The first-order valence-electron chi connectivity index (χ1n) is 12.7. The number of para-hydroxylation sites is 2. The first kappa shape index (κ1) is 29.2. The topological polar surface area (TPSA) is 114 Å². The second-order valence-corrected chi connectivity index (χ2v) is 11.1. The van der Waals surface area contributed by atoms with E-state index in [0.717, 1.165) is 15.2 Å². The molecule has 0 aliphatic rings. The number of hydrogen-bond acceptors (Lipinski definition) is 5. The van der Waals surface area contributed by atoms with E-state index in [1.807, 2.05) is 49.4 Å². The van der Waals surface area contributed by atoms with Crippen LogP contribution < -0.4 is 16.4 Å². The van der Waals surface area contributed by atoms with Crippen LogP contribution in [0.2, 0.25) is 0 Å². The second kappa shape index (κ2) is 13.5. The van der Waals surface area contributed by atoms with E-state index in [0.29, 0.717) is 39.9 Å². The van der Waals surface area contributed by atoms with Gasteiger partial charge in [0, 0.05) is 15.4 Å². The predicted octanol–water partition coefficient (Wildman–Crippen LogP) is 8.55. The molecule has 0 bridgehead atoms. The van der Waals surface area contributed by atoms with Gasteiger partial charge in [0.1, 0.15) is 11.9 Å². The molecular weight excluding hydrogens is 638 g/mol. The number of rotatable bonds is 9. The first-order chi connectivity index (χ1) is 19.2. The van der Waals surface area contributed by atoms with Gasteiger partial charge >= 0.3 is 6.09 Å². The molecule has 4 rings (SSSR count). The van der Waals surface area contributed by atoms with Gasteiger partial charge in [-0.15, -0.1) is 0 Å². The van der Waals surface area contributed by atoms with Crippen LogP contribution in [-0.4, -0.2) is 17.1 Å². The maximum Gasteiger partial charge on any atom is 0.412 e. The summed E-state index contributed by atoms with van der Waals surface area (Å²) in [7, 11) is 0. The van der Waals surface area contributed by atoms with E-state index >= 15 is 0 Å². The summed E-state index contributed by atoms with van der Waals surface area (Å²) in [6.45, 7) is 1.93.